The third kappa shape index (κ3) is 3.82. The molecule has 0 spiro atoms. The largest absolute Gasteiger partial charge is 0.461 e. The molecule has 1 rings (SSSR count). The van der Waals surface area contributed by atoms with Gasteiger partial charge in [-0.25, -0.2) is 0 Å². The first-order valence-corrected chi connectivity index (χ1v) is 6.03. The molecule has 3 nitrogen and oxygen atoms in total. The summed E-state index contributed by atoms with van der Waals surface area (Å²) >= 11 is 0. The molecular formula is C12H22O3. The number of unbranched alkanes of at least 4 members (excludes halogenated alkanes) is 3. The third-order valence-electron chi connectivity index (χ3n) is 2.96. The molecule has 1 fully saturated rings. The Kier molecular flexibility index (Phi) is 5.09. The maximum atomic E-state index is 11.2. The lowest BCUT2D eigenvalue weighted by molar-refractivity contribution is -0.188. The normalized spacial score (nSPS) is 27.0. The Balaban J connectivity index is 2.17. The van der Waals surface area contributed by atoms with Crippen molar-refractivity contribution in [2.75, 3.05) is 0 Å². The molecule has 1 heterocycles. The molecule has 15 heavy (non-hydrogen) atoms. The second kappa shape index (κ2) is 6.11. The minimum Gasteiger partial charge on any atom is -0.461 e. The summed E-state index contributed by atoms with van der Waals surface area (Å²) in [5, 5.41) is 9.21. The van der Waals surface area contributed by atoms with Gasteiger partial charge in [0, 0.05) is 6.42 Å². The van der Waals surface area contributed by atoms with Gasteiger partial charge in [0.05, 0.1) is 12.0 Å². The van der Waals surface area contributed by atoms with Gasteiger partial charge >= 0.3 is 5.97 Å². The lowest BCUT2D eigenvalue weighted by Crippen LogP contribution is -2.46. The van der Waals surface area contributed by atoms with Crippen LogP contribution in [-0.2, 0) is 9.53 Å². The highest BCUT2D eigenvalue weighted by molar-refractivity contribution is 5.78. The molecule has 1 aliphatic heterocycles. The van der Waals surface area contributed by atoms with E-state index in [-0.39, 0.29) is 24.1 Å². The molecule has 0 radical (unpaired) electrons. The van der Waals surface area contributed by atoms with Crippen molar-refractivity contribution in [1.29, 1.82) is 0 Å². The predicted molar refractivity (Wildman–Crippen MR) is 58.4 cm³/mol. The van der Waals surface area contributed by atoms with E-state index in [4.69, 9.17) is 4.74 Å². The average Bonchev–Trinajstić information content (AvgIpc) is 2.16. The Bertz CT molecular complexity index is 201. The minimum absolute atomic E-state index is 0.0286. The molecule has 0 amide bonds. The Morgan fingerprint density at radius 1 is 1.40 bits per heavy atom. The Labute approximate surface area is 91.8 Å². The highest BCUT2D eigenvalue weighted by atomic mass is 16.6. The molecule has 1 N–H and O–H groups in total. The number of rotatable bonds is 7. The zero-order valence-corrected chi connectivity index (χ0v) is 9.74. The number of aliphatic hydroxyl groups is 1. The van der Waals surface area contributed by atoms with Gasteiger partial charge in [-0.1, -0.05) is 32.6 Å². The Hall–Kier alpha value is -0.570. The zero-order chi connectivity index (χ0) is 11.3. The van der Waals surface area contributed by atoms with E-state index < -0.39 is 0 Å². The minimum atomic E-state index is -0.374. The van der Waals surface area contributed by atoms with Crippen molar-refractivity contribution >= 4 is 5.97 Å². The van der Waals surface area contributed by atoms with Gasteiger partial charge in [-0.3, -0.25) is 4.79 Å². The molecule has 3 atom stereocenters. The van der Waals surface area contributed by atoms with Crippen molar-refractivity contribution in [3.63, 3.8) is 0 Å². The van der Waals surface area contributed by atoms with Crippen LogP contribution in [0.3, 0.4) is 0 Å². The third-order valence-corrected chi connectivity index (χ3v) is 2.96. The topological polar surface area (TPSA) is 46.5 Å². The quantitative estimate of drug-likeness (QED) is 0.522. The van der Waals surface area contributed by atoms with Crippen LogP contribution in [0.4, 0.5) is 0 Å². The first kappa shape index (κ1) is 12.5. The van der Waals surface area contributed by atoms with Crippen LogP contribution in [0.2, 0.25) is 0 Å². The summed E-state index contributed by atoms with van der Waals surface area (Å²) in [7, 11) is 0. The number of hydrogen-bond acceptors (Lipinski definition) is 3. The highest BCUT2D eigenvalue weighted by Gasteiger charge is 2.41. The number of cyclic esters (lactones) is 1. The number of hydrogen-bond donors (Lipinski definition) is 1. The van der Waals surface area contributed by atoms with Gasteiger partial charge in [-0.05, 0) is 13.3 Å². The lowest BCUT2D eigenvalue weighted by atomic mass is 9.88. The first-order chi connectivity index (χ1) is 7.15. The second-order valence-corrected chi connectivity index (χ2v) is 4.52. The molecule has 1 saturated heterocycles. The fraction of sp³-hybridized carbons (Fsp3) is 0.917. The maximum absolute atomic E-state index is 11.2. The molecule has 0 saturated carbocycles. The van der Waals surface area contributed by atoms with Crippen molar-refractivity contribution in [3.8, 4) is 0 Å². The number of esters is 1. The van der Waals surface area contributed by atoms with Crippen LogP contribution < -0.4 is 0 Å². The van der Waals surface area contributed by atoms with E-state index in [9.17, 15) is 9.90 Å². The van der Waals surface area contributed by atoms with E-state index in [2.05, 4.69) is 6.92 Å². The van der Waals surface area contributed by atoms with Crippen LogP contribution >= 0.6 is 0 Å². The molecule has 3 heteroatoms. The number of ether oxygens (including phenoxy) is 1. The Morgan fingerprint density at radius 2 is 2.13 bits per heavy atom. The summed E-state index contributed by atoms with van der Waals surface area (Å²) in [5.74, 6) is -0.0198. The van der Waals surface area contributed by atoms with E-state index >= 15 is 0 Å². The number of carbonyl (C=O) groups excluding carboxylic acids is 1. The summed E-state index contributed by atoms with van der Waals surface area (Å²) < 4.78 is 5.02. The van der Waals surface area contributed by atoms with Crippen LogP contribution in [0.15, 0.2) is 0 Å². The van der Waals surface area contributed by atoms with Crippen molar-refractivity contribution in [2.45, 2.75) is 64.6 Å². The Morgan fingerprint density at radius 3 is 2.67 bits per heavy atom. The van der Waals surface area contributed by atoms with Gasteiger partial charge < -0.3 is 9.84 Å². The highest BCUT2D eigenvalue weighted by Crippen LogP contribution is 2.30. The van der Waals surface area contributed by atoms with E-state index in [1.807, 2.05) is 0 Å². The number of aliphatic hydroxyl groups excluding tert-OH is 1. The van der Waals surface area contributed by atoms with Gasteiger partial charge in [0.15, 0.2) is 0 Å². The fourth-order valence-corrected chi connectivity index (χ4v) is 2.04. The van der Waals surface area contributed by atoms with E-state index in [1.54, 1.807) is 6.92 Å². The molecule has 0 aromatic heterocycles. The van der Waals surface area contributed by atoms with Crippen molar-refractivity contribution in [3.05, 3.63) is 0 Å². The van der Waals surface area contributed by atoms with Crippen LogP contribution in [0.1, 0.15) is 52.4 Å². The zero-order valence-electron chi connectivity index (χ0n) is 9.74. The fourth-order valence-electron chi connectivity index (χ4n) is 2.04. The van der Waals surface area contributed by atoms with Gasteiger partial charge in [0.1, 0.15) is 6.10 Å². The molecule has 0 aromatic carbocycles. The molecule has 1 aliphatic rings. The van der Waals surface area contributed by atoms with E-state index in [1.165, 1.54) is 19.3 Å². The molecular weight excluding hydrogens is 192 g/mol. The lowest BCUT2D eigenvalue weighted by Gasteiger charge is -2.35. The van der Waals surface area contributed by atoms with Gasteiger partial charge in [0.2, 0.25) is 0 Å². The first-order valence-electron chi connectivity index (χ1n) is 6.03. The van der Waals surface area contributed by atoms with Gasteiger partial charge in [-0.15, -0.1) is 0 Å². The standard InChI is InChI=1S/C12H22O3/c1-3-4-5-6-7-10-11(8-9(2)13)15-12(10)14/h9-11,13H,3-8H2,1-2H3/t9-,10-,11-/m0/s1. The van der Waals surface area contributed by atoms with Crippen LogP contribution in [-0.4, -0.2) is 23.3 Å². The van der Waals surface area contributed by atoms with Crippen LogP contribution in [0, 0.1) is 5.92 Å². The maximum Gasteiger partial charge on any atom is 0.313 e. The molecule has 0 aromatic rings. The van der Waals surface area contributed by atoms with E-state index in [0.29, 0.717) is 6.42 Å². The van der Waals surface area contributed by atoms with E-state index in [0.717, 1.165) is 12.8 Å². The summed E-state index contributed by atoms with van der Waals surface area (Å²) in [6.07, 6.45) is 5.86. The molecule has 88 valence electrons. The predicted octanol–water partition coefficient (Wildman–Crippen LogP) is 2.27. The van der Waals surface area contributed by atoms with Crippen LogP contribution in [0.25, 0.3) is 0 Å². The summed E-state index contributed by atoms with van der Waals surface area (Å²) in [4.78, 5) is 11.2. The van der Waals surface area contributed by atoms with Crippen molar-refractivity contribution in [1.82, 2.24) is 0 Å². The average molecular weight is 214 g/mol. The molecule has 0 aliphatic carbocycles. The SMILES string of the molecule is CCCCCC[C@@H]1C(=O)O[C@H]1C[C@H](C)O. The molecule has 0 bridgehead atoms. The van der Waals surface area contributed by atoms with Crippen molar-refractivity contribution < 1.29 is 14.6 Å². The molecule has 0 unspecified atom stereocenters. The summed E-state index contributed by atoms with van der Waals surface area (Å²) in [5.41, 5.74) is 0. The summed E-state index contributed by atoms with van der Waals surface area (Å²) in [6.45, 7) is 3.91. The summed E-state index contributed by atoms with van der Waals surface area (Å²) in [6, 6.07) is 0. The van der Waals surface area contributed by atoms with Gasteiger partial charge in [0.25, 0.3) is 0 Å². The van der Waals surface area contributed by atoms with Crippen LogP contribution in [0.5, 0.6) is 0 Å². The van der Waals surface area contributed by atoms with Gasteiger partial charge in [-0.2, -0.15) is 0 Å². The van der Waals surface area contributed by atoms with Crippen molar-refractivity contribution in [2.24, 2.45) is 5.92 Å². The number of carbonyl (C=O) groups is 1. The monoisotopic (exact) mass is 214 g/mol. The second-order valence-electron chi connectivity index (χ2n) is 4.52. The smallest absolute Gasteiger partial charge is 0.313 e.